The molecular weight excluding hydrogens is 332 g/mol. The second-order valence-electron chi connectivity index (χ2n) is 5.37. The number of hydrogen-bond donors (Lipinski definition) is 1. The molecule has 1 saturated heterocycles. The number of methoxy groups -OCH3 is 1. The summed E-state index contributed by atoms with van der Waals surface area (Å²) in [6, 6.07) is 8.16. The number of nitrogens with one attached hydrogen (secondary N) is 1. The topological polar surface area (TPSA) is 43.4 Å². The number of aromatic nitrogens is 1. The van der Waals surface area contributed by atoms with E-state index in [4.69, 9.17) is 9.47 Å². The smallest absolute Gasteiger partial charge is 0.0893 e. The molecule has 2 heterocycles. The first-order valence-corrected chi connectivity index (χ1v) is 7.93. The van der Waals surface area contributed by atoms with Crippen molar-refractivity contribution in [2.75, 3.05) is 32.2 Å². The van der Waals surface area contributed by atoms with Gasteiger partial charge in [-0.25, -0.2) is 0 Å². The SMILES string of the molecule is COC1(CNc2ccnc3cc(Br)ccc23)CCOCC1. The van der Waals surface area contributed by atoms with Crippen molar-refractivity contribution in [1.29, 1.82) is 0 Å². The first-order chi connectivity index (χ1) is 10.2. The summed E-state index contributed by atoms with van der Waals surface area (Å²) in [6.45, 7) is 2.31. The molecule has 1 fully saturated rings. The van der Waals surface area contributed by atoms with Crippen molar-refractivity contribution in [1.82, 2.24) is 4.98 Å². The summed E-state index contributed by atoms with van der Waals surface area (Å²) in [5.41, 5.74) is 1.94. The third-order valence-corrected chi connectivity index (χ3v) is 4.64. The van der Waals surface area contributed by atoms with E-state index in [0.717, 1.165) is 53.7 Å². The Hall–Kier alpha value is -1.17. The molecule has 3 rings (SSSR count). The summed E-state index contributed by atoms with van der Waals surface area (Å²) in [4.78, 5) is 4.41. The molecule has 0 spiro atoms. The third kappa shape index (κ3) is 3.20. The number of rotatable bonds is 4. The number of fused-ring (bicyclic) bond motifs is 1. The fourth-order valence-electron chi connectivity index (χ4n) is 2.73. The second kappa shape index (κ2) is 6.30. The number of hydrogen-bond acceptors (Lipinski definition) is 4. The van der Waals surface area contributed by atoms with E-state index in [1.54, 1.807) is 7.11 Å². The monoisotopic (exact) mass is 350 g/mol. The molecule has 1 aliphatic rings. The average Bonchev–Trinajstić information content (AvgIpc) is 2.53. The van der Waals surface area contributed by atoms with E-state index in [-0.39, 0.29) is 5.60 Å². The molecule has 0 aliphatic carbocycles. The van der Waals surface area contributed by atoms with E-state index >= 15 is 0 Å². The van der Waals surface area contributed by atoms with Gasteiger partial charge in [-0.1, -0.05) is 15.9 Å². The number of anilines is 1. The van der Waals surface area contributed by atoms with Gasteiger partial charge in [-0.05, 0) is 24.3 Å². The maximum absolute atomic E-state index is 5.77. The molecule has 1 N–H and O–H groups in total. The van der Waals surface area contributed by atoms with Crippen molar-refractivity contribution in [3.05, 3.63) is 34.9 Å². The molecular formula is C16H19BrN2O2. The van der Waals surface area contributed by atoms with Gasteiger partial charge in [0.05, 0.1) is 11.1 Å². The molecule has 0 saturated carbocycles. The number of nitrogens with zero attached hydrogens (tertiary/aromatic N) is 1. The highest BCUT2D eigenvalue weighted by Gasteiger charge is 2.32. The lowest BCUT2D eigenvalue weighted by Gasteiger charge is -2.36. The van der Waals surface area contributed by atoms with Crippen molar-refractivity contribution in [3.63, 3.8) is 0 Å². The Kier molecular flexibility index (Phi) is 4.42. The van der Waals surface area contributed by atoms with Crippen LogP contribution in [0.2, 0.25) is 0 Å². The molecule has 0 unspecified atom stereocenters. The first-order valence-electron chi connectivity index (χ1n) is 7.13. The van der Waals surface area contributed by atoms with Crippen LogP contribution in [0.3, 0.4) is 0 Å². The van der Waals surface area contributed by atoms with Crippen LogP contribution >= 0.6 is 15.9 Å². The van der Waals surface area contributed by atoms with Crippen LogP contribution in [-0.2, 0) is 9.47 Å². The van der Waals surface area contributed by atoms with Crippen LogP contribution in [0.25, 0.3) is 10.9 Å². The van der Waals surface area contributed by atoms with Crippen molar-refractivity contribution in [3.8, 4) is 0 Å². The van der Waals surface area contributed by atoms with E-state index < -0.39 is 0 Å². The van der Waals surface area contributed by atoms with Crippen molar-refractivity contribution in [2.45, 2.75) is 18.4 Å². The molecule has 4 nitrogen and oxygen atoms in total. The lowest BCUT2D eigenvalue weighted by atomic mass is 9.94. The van der Waals surface area contributed by atoms with Gasteiger partial charge in [0.2, 0.25) is 0 Å². The normalized spacial score (nSPS) is 17.8. The van der Waals surface area contributed by atoms with Crippen molar-refractivity contribution < 1.29 is 9.47 Å². The average molecular weight is 351 g/mol. The highest BCUT2D eigenvalue weighted by atomic mass is 79.9. The molecule has 112 valence electrons. The van der Waals surface area contributed by atoms with Crippen LogP contribution in [0, 0.1) is 0 Å². The Balaban J connectivity index is 1.81. The summed E-state index contributed by atoms with van der Waals surface area (Å²) in [6.07, 6.45) is 3.68. The predicted molar refractivity (Wildman–Crippen MR) is 87.7 cm³/mol. The van der Waals surface area contributed by atoms with E-state index in [2.05, 4.69) is 32.3 Å². The summed E-state index contributed by atoms with van der Waals surface area (Å²) >= 11 is 3.48. The molecule has 0 radical (unpaired) electrons. The maximum atomic E-state index is 5.77. The summed E-state index contributed by atoms with van der Waals surface area (Å²) < 4.78 is 12.2. The van der Waals surface area contributed by atoms with Gasteiger partial charge in [0.25, 0.3) is 0 Å². The van der Waals surface area contributed by atoms with Crippen LogP contribution in [-0.4, -0.2) is 37.5 Å². The highest BCUT2D eigenvalue weighted by molar-refractivity contribution is 9.10. The standard InChI is InChI=1S/C16H19BrN2O2/c1-20-16(5-8-21-9-6-16)11-19-14-4-7-18-15-10-12(17)2-3-13(14)15/h2-4,7,10H,5-6,8-9,11H2,1H3,(H,18,19). The van der Waals surface area contributed by atoms with Gasteiger partial charge in [0.1, 0.15) is 0 Å². The second-order valence-corrected chi connectivity index (χ2v) is 6.29. The van der Waals surface area contributed by atoms with Crippen LogP contribution in [0.4, 0.5) is 5.69 Å². The van der Waals surface area contributed by atoms with Crippen molar-refractivity contribution >= 4 is 32.5 Å². The van der Waals surface area contributed by atoms with Gasteiger partial charge >= 0.3 is 0 Å². The predicted octanol–water partition coefficient (Wildman–Crippen LogP) is 3.60. The minimum absolute atomic E-state index is 0.136. The highest BCUT2D eigenvalue weighted by Crippen LogP contribution is 2.28. The van der Waals surface area contributed by atoms with E-state index in [1.165, 1.54) is 0 Å². The van der Waals surface area contributed by atoms with E-state index in [0.29, 0.717) is 0 Å². The van der Waals surface area contributed by atoms with Crippen LogP contribution in [0.15, 0.2) is 34.9 Å². The minimum Gasteiger partial charge on any atom is -0.382 e. The summed E-state index contributed by atoms with van der Waals surface area (Å²) in [7, 11) is 1.79. The molecule has 5 heteroatoms. The number of halogens is 1. The van der Waals surface area contributed by atoms with Crippen LogP contribution < -0.4 is 5.32 Å². The third-order valence-electron chi connectivity index (χ3n) is 4.14. The zero-order valence-electron chi connectivity index (χ0n) is 12.1. The summed E-state index contributed by atoms with van der Waals surface area (Å²) in [5.74, 6) is 0. The molecule has 1 aromatic heterocycles. The van der Waals surface area contributed by atoms with E-state index in [1.807, 2.05) is 24.4 Å². The Labute approximate surface area is 133 Å². The van der Waals surface area contributed by atoms with E-state index in [9.17, 15) is 0 Å². The van der Waals surface area contributed by atoms with Gasteiger partial charge in [0.15, 0.2) is 0 Å². The number of pyridine rings is 1. The lowest BCUT2D eigenvalue weighted by molar-refractivity contribution is -0.0807. The van der Waals surface area contributed by atoms with Gasteiger partial charge in [-0.3, -0.25) is 4.98 Å². The van der Waals surface area contributed by atoms with Gasteiger partial charge in [-0.2, -0.15) is 0 Å². The Bertz CT molecular complexity index is 627. The van der Waals surface area contributed by atoms with Gasteiger partial charge in [-0.15, -0.1) is 0 Å². The largest absolute Gasteiger partial charge is 0.382 e. The van der Waals surface area contributed by atoms with Gasteiger partial charge in [0, 0.05) is 61.5 Å². The fourth-order valence-corrected chi connectivity index (χ4v) is 3.08. The quantitative estimate of drug-likeness (QED) is 0.914. The molecule has 0 atom stereocenters. The molecule has 0 amide bonds. The van der Waals surface area contributed by atoms with Crippen molar-refractivity contribution in [2.24, 2.45) is 0 Å². The molecule has 2 aromatic rings. The minimum atomic E-state index is -0.136. The Morgan fingerprint density at radius 2 is 2.14 bits per heavy atom. The zero-order chi connectivity index (χ0) is 14.7. The fraction of sp³-hybridized carbons (Fsp3) is 0.438. The Morgan fingerprint density at radius 3 is 2.90 bits per heavy atom. The van der Waals surface area contributed by atoms with Gasteiger partial charge < -0.3 is 14.8 Å². The molecule has 21 heavy (non-hydrogen) atoms. The lowest BCUT2D eigenvalue weighted by Crippen LogP contribution is -2.44. The first kappa shape index (κ1) is 14.8. The Morgan fingerprint density at radius 1 is 1.33 bits per heavy atom. The maximum Gasteiger partial charge on any atom is 0.0893 e. The molecule has 1 aromatic carbocycles. The molecule has 1 aliphatic heterocycles. The number of benzene rings is 1. The zero-order valence-corrected chi connectivity index (χ0v) is 13.6. The van der Waals surface area contributed by atoms with Crippen LogP contribution in [0.1, 0.15) is 12.8 Å². The van der Waals surface area contributed by atoms with Crippen LogP contribution in [0.5, 0.6) is 0 Å². The number of ether oxygens (including phenoxy) is 2. The summed E-state index contributed by atoms with van der Waals surface area (Å²) in [5, 5.41) is 4.66. The molecule has 0 bridgehead atoms.